The Kier molecular flexibility index (Phi) is 15.2. The Balaban J connectivity index is 0.731. The molecule has 0 spiro atoms. The second kappa shape index (κ2) is 21.9. The van der Waals surface area contributed by atoms with Gasteiger partial charge in [0.2, 0.25) is 0 Å². The topological polar surface area (TPSA) is 366 Å². The van der Waals surface area contributed by atoms with Gasteiger partial charge in [0.25, 0.3) is 0 Å². The number of fused-ring (bicyclic) bond motifs is 6. The maximum atomic E-state index is 13.0. The molecule has 12 atom stereocenters. The zero-order valence-corrected chi connectivity index (χ0v) is 47.0. The summed E-state index contributed by atoms with van der Waals surface area (Å²) in [4.78, 5) is 26.0. The zero-order chi connectivity index (χ0) is 60.2. The first-order valence-electron chi connectivity index (χ1n) is 27.9. The Hall–Kier alpha value is -7.48. The Labute approximate surface area is 480 Å². The van der Waals surface area contributed by atoms with E-state index in [2.05, 4.69) is 0 Å². The van der Waals surface area contributed by atoms with E-state index >= 15 is 0 Å². The molecule has 2 aliphatic heterocycles. The van der Waals surface area contributed by atoms with Crippen LogP contribution in [-0.2, 0) is 54.5 Å². The van der Waals surface area contributed by atoms with E-state index in [9.17, 15) is 70.9 Å². The molecule has 11 rings (SSSR count). The summed E-state index contributed by atoms with van der Waals surface area (Å²) in [6.45, 7) is 6.84. The number of phenolic OH excluding ortho intramolecular Hbond substituents is 8. The molecule has 0 aromatic heterocycles. The molecular formula is C62H70N2O20+2. The van der Waals surface area contributed by atoms with Crippen molar-refractivity contribution in [3.8, 4) is 57.5 Å². The highest BCUT2D eigenvalue weighted by Gasteiger charge is 2.50. The average Bonchev–Trinajstić information content (AvgIpc) is 0.768. The number of carbonyl (C=O) groups is 2. The number of Topliss-reactive ketones (excluding diaryl/α,β-unsaturated/α-hetero) is 2. The second-order valence-electron chi connectivity index (χ2n) is 23.0. The van der Waals surface area contributed by atoms with E-state index in [0.29, 0.717) is 13.1 Å². The maximum absolute atomic E-state index is 13.0. The van der Waals surface area contributed by atoms with E-state index in [1.807, 2.05) is 34.9 Å². The van der Waals surface area contributed by atoms with E-state index in [4.69, 9.17) is 28.4 Å². The van der Waals surface area contributed by atoms with Crippen molar-refractivity contribution in [1.82, 2.24) is 0 Å². The number of hydrogen-bond donors (Lipinski definition) is 14. The molecule has 0 saturated carbocycles. The highest BCUT2D eigenvalue weighted by Crippen LogP contribution is 2.60. The summed E-state index contributed by atoms with van der Waals surface area (Å²) in [5.41, 5.74) is -2.44. The van der Waals surface area contributed by atoms with Gasteiger partial charge in [-0.3, -0.25) is 9.59 Å². The summed E-state index contributed by atoms with van der Waals surface area (Å²) >= 11 is 0. The van der Waals surface area contributed by atoms with Crippen LogP contribution in [0.4, 0.5) is 0 Å². The third-order valence-corrected chi connectivity index (χ3v) is 18.0. The van der Waals surface area contributed by atoms with Crippen LogP contribution in [0, 0.1) is 0 Å². The summed E-state index contributed by atoms with van der Waals surface area (Å²) in [6.07, 6.45) is -9.65. The fourth-order valence-electron chi connectivity index (χ4n) is 13.4. The van der Waals surface area contributed by atoms with Crippen LogP contribution >= 0.6 is 0 Å². The number of benzene rings is 7. The third-order valence-electron chi connectivity index (χ3n) is 18.0. The Bertz CT molecular complexity index is 3530. The van der Waals surface area contributed by atoms with E-state index in [1.54, 1.807) is 38.1 Å². The standard InChI is InChI=1S/C62H68N2O20/c1-25-51(35(67)17-41(81-25)83-39-21-61(77,27(3)65)19-33-45(39)59(75)49-47(55(33)71)53(69)31-9-7-11-37(79-5)43(31)57(49)73)63-23-29-13-15-30(16-14-29)24-64-52-26(2)82-42(18-36(52)68)84-40-22-62(78,28(4)66)20-34-46(40)60(76)50-48(56(34)72)54(70)32-10-8-12-38(80-6)44(32)58(50)74/h7-16,25-26,35-36,39-42,51-52,63-64,67-78H,17-24H2,1-6H3/p+2/t25-,26-,35-,36-,39-,40-,41-,42-,51+,52+,61-,62-/m0/s1. The first kappa shape index (κ1) is 58.3. The number of hydrogen-bond acceptors (Lipinski definition) is 20. The normalized spacial score (nSPS) is 27.9. The van der Waals surface area contributed by atoms with Gasteiger partial charge in [-0.05, 0) is 39.8 Å². The fourth-order valence-corrected chi connectivity index (χ4v) is 13.4. The summed E-state index contributed by atoms with van der Waals surface area (Å²) in [5, 5.41) is 143. The molecule has 22 heteroatoms. The van der Waals surface area contributed by atoms with Crippen molar-refractivity contribution in [2.45, 2.75) is 152 Å². The van der Waals surface area contributed by atoms with Gasteiger partial charge in [0.05, 0.1) is 58.7 Å². The highest BCUT2D eigenvalue weighted by molar-refractivity contribution is 6.18. The minimum atomic E-state index is -2.06. The van der Waals surface area contributed by atoms with Crippen molar-refractivity contribution in [1.29, 1.82) is 0 Å². The quantitative estimate of drug-likeness (QED) is 0.0543. The predicted octanol–water partition coefficient (Wildman–Crippen LogP) is 3.87. The maximum Gasteiger partial charge on any atom is 0.161 e. The van der Waals surface area contributed by atoms with E-state index < -0.39 is 143 Å². The number of methoxy groups -OCH3 is 2. The molecule has 16 N–H and O–H groups in total. The van der Waals surface area contributed by atoms with Gasteiger partial charge in [-0.1, -0.05) is 48.5 Å². The van der Waals surface area contributed by atoms with Crippen LogP contribution in [-0.4, -0.2) is 147 Å². The van der Waals surface area contributed by atoms with Crippen LogP contribution < -0.4 is 20.1 Å². The SMILES string of the molecule is COc1cccc2c(O)c3c(O)c4c(c(O)c3c(O)c12)[C@@H](O[C@H]1C[C@H](O)[C@H]([NH2+]Cc2ccc(C[NH2+][C@@H]3[C@H](C)O[C@@H](O[C@H]5C[C@](O)(C(C)=O)Cc6c5c(O)c5c(O)c7c(OC)cccc7c(O)c5c6O)C[C@@H]3O)cc2)[C@H](C)O1)C[C@](O)(C(C)=O)C4. The van der Waals surface area contributed by atoms with Crippen molar-refractivity contribution in [3.63, 3.8) is 0 Å². The van der Waals surface area contributed by atoms with Crippen LogP contribution in [0.3, 0.4) is 0 Å². The molecular weight excluding hydrogens is 1090 g/mol. The lowest BCUT2D eigenvalue weighted by Crippen LogP contribution is -2.94. The molecule has 0 bridgehead atoms. The van der Waals surface area contributed by atoms with Gasteiger partial charge in [-0.2, -0.15) is 0 Å². The number of aromatic hydroxyl groups is 8. The van der Waals surface area contributed by atoms with Gasteiger partial charge in [0.15, 0.2) is 24.1 Å². The number of carbonyl (C=O) groups excluding carboxylic acids is 2. The van der Waals surface area contributed by atoms with Crippen molar-refractivity contribution in [3.05, 3.63) is 94.0 Å². The number of aliphatic hydroxyl groups excluding tert-OH is 2. The third kappa shape index (κ3) is 9.63. The van der Waals surface area contributed by atoms with Crippen LogP contribution in [0.25, 0.3) is 43.1 Å². The average molecular weight is 1160 g/mol. The molecule has 2 heterocycles. The molecule has 7 aromatic carbocycles. The van der Waals surface area contributed by atoms with Crippen molar-refractivity contribution >= 4 is 54.7 Å². The van der Waals surface area contributed by atoms with Gasteiger partial charge < -0.3 is 100 Å². The lowest BCUT2D eigenvalue weighted by molar-refractivity contribution is -0.723. The van der Waals surface area contributed by atoms with Gasteiger partial charge in [-0.15, -0.1) is 0 Å². The highest BCUT2D eigenvalue weighted by atomic mass is 16.7. The zero-order valence-electron chi connectivity index (χ0n) is 47.0. The first-order valence-corrected chi connectivity index (χ1v) is 27.9. The molecule has 0 radical (unpaired) electrons. The van der Waals surface area contributed by atoms with Gasteiger partial charge in [0, 0.05) is 82.7 Å². The molecule has 446 valence electrons. The van der Waals surface area contributed by atoms with Gasteiger partial charge in [-0.25, -0.2) is 0 Å². The van der Waals surface area contributed by atoms with Gasteiger partial charge >= 0.3 is 0 Å². The number of phenols is 8. The predicted molar refractivity (Wildman–Crippen MR) is 300 cm³/mol. The Morgan fingerprint density at radius 3 is 1.21 bits per heavy atom. The summed E-state index contributed by atoms with van der Waals surface area (Å²) < 4.78 is 36.3. The molecule has 2 fully saturated rings. The molecule has 22 nitrogen and oxygen atoms in total. The lowest BCUT2D eigenvalue weighted by Gasteiger charge is -2.41. The number of aliphatic hydroxyl groups is 4. The molecule has 84 heavy (non-hydrogen) atoms. The molecule has 7 aromatic rings. The molecule has 0 amide bonds. The number of ketones is 2. The number of rotatable bonds is 14. The van der Waals surface area contributed by atoms with Crippen molar-refractivity contribution in [2.24, 2.45) is 0 Å². The van der Waals surface area contributed by atoms with Gasteiger partial charge in [0.1, 0.15) is 118 Å². The lowest BCUT2D eigenvalue weighted by atomic mass is 9.74. The molecule has 0 unspecified atom stereocenters. The van der Waals surface area contributed by atoms with E-state index in [-0.39, 0.29) is 103 Å². The number of ether oxygens (including phenoxy) is 6. The Morgan fingerprint density at radius 2 is 0.881 bits per heavy atom. The monoisotopic (exact) mass is 1160 g/mol. The smallest absolute Gasteiger partial charge is 0.161 e. The number of nitrogens with two attached hydrogens (primary N) is 2. The minimum Gasteiger partial charge on any atom is -0.507 e. The van der Waals surface area contributed by atoms with Crippen LogP contribution in [0.2, 0.25) is 0 Å². The van der Waals surface area contributed by atoms with Crippen molar-refractivity contribution in [2.75, 3.05) is 14.2 Å². The molecule has 2 saturated heterocycles. The minimum absolute atomic E-state index is 0.0233. The fraction of sp³-hybridized carbons (Fsp3) is 0.419. The van der Waals surface area contributed by atoms with Crippen LogP contribution in [0.5, 0.6) is 57.5 Å². The van der Waals surface area contributed by atoms with Crippen molar-refractivity contribution < 1.29 is 110 Å². The first-order chi connectivity index (χ1) is 39.9. The Morgan fingerprint density at radius 1 is 0.524 bits per heavy atom. The van der Waals surface area contributed by atoms with E-state index in [0.717, 1.165) is 11.1 Å². The second-order valence-corrected chi connectivity index (χ2v) is 23.0. The summed E-state index contributed by atoms with van der Waals surface area (Å²) in [5.74, 6) is -5.05. The largest absolute Gasteiger partial charge is 0.507 e. The van der Waals surface area contributed by atoms with Crippen LogP contribution in [0.1, 0.15) is 99.0 Å². The van der Waals surface area contributed by atoms with E-state index in [1.165, 1.54) is 40.2 Å². The summed E-state index contributed by atoms with van der Waals surface area (Å²) in [7, 11) is 2.75. The summed E-state index contributed by atoms with van der Waals surface area (Å²) in [6, 6.07) is 16.2. The number of quaternary nitrogens is 2. The van der Waals surface area contributed by atoms with Crippen LogP contribution in [0.15, 0.2) is 60.7 Å². The molecule has 4 aliphatic rings. The molecule has 2 aliphatic carbocycles.